The van der Waals surface area contributed by atoms with E-state index in [-0.39, 0.29) is 5.91 Å². The van der Waals surface area contributed by atoms with Crippen molar-refractivity contribution in [1.29, 1.82) is 0 Å². The van der Waals surface area contributed by atoms with Gasteiger partial charge in [0, 0.05) is 25.7 Å². The highest BCUT2D eigenvalue weighted by molar-refractivity contribution is 5.91. The Hall–Kier alpha value is -2.18. The number of nitrogens with zero attached hydrogens (tertiary/aromatic N) is 3. The summed E-state index contributed by atoms with van der Waals surface area (Å²) in [6, 6.07) is 12.8. The first-order chi connectivity index (χ1) is 11.7. The number of benzene rings is 1. The van der Waals surface area contributed by atoms with Crippen LogP contribution in [0.3, 0.4) is 0 Å². The van der Waals surface area contributed by atoms with E-state index in [2.05, 4.69) is 44.9 Å². The summed E-state index contributed by atoms with van der Waals surface area (Å²) in [4.78, 5) is 14.3. The molecule has 0 spiro atoms. The van der Waals surface area contributed by atoms with Gasteiger partial charge in [0.2, 0.25) is 5.91 Å². The molecule has 0 radical (unpaired) electrons. The lowest BCUT2D eigenvalue weighted by Gasteiger charge is -2.18. The Kier molecular flexibility index (Phi) is 5.27. The molecule has 1 aliphatic heterocycles. The van der Waals surface area contributed by atoms with Gasteiger partial charge in [-0.25, -0.2) is 4.68 Å². The van der Waals surface area contributed by atoms with Gasteiger partial charge in [-0.1, -0.05) is 30.3 Å². The fraction of sp³-hybridized carbons (Fsp3) is 0.444. The highest BCUT2D eigenvalue weighted by atomic mass is 16.2. The molecule has 1 unspecified atom stereocenters. The highest BCUT2D eigenvalue weighted by Crippen LogP contribution is 2.26. The lowest BCUT2D eigenvalue weighted by molar-refractivity contribution is -0.115. The number of carbonyl (C=O) groups is 1. The standard InChI is InChI=1S/C18H25N5O/c1-14-10-17(20-18(24)11-19-2)23(21-14)16-8-9-22(13-16)12-15-6-4-3-5-7-15/h3-7,10,16,19H,8-9,11-13H2,1-2H3,(H,20,24). The lowest BCUT2D eigenvalue weighted by Crippen LogP contribution is -2.27. The molecule has 1 aliphatic rings. The van der Waals surface area contributed by atoms with Crippen LogP contribution in [0.25, 0.3) is 0 Å². The minimum atomic E-state index is -0.0437. The summed E-state index contributed by atoms with van der Waals surface area (Å²) in [6.45, 7) is 5.21. The van der Waals surface area contributed by atoms with Crippen LogP contribution in [-0.2, 0) is 11.3 Å². The second-order valence-corrected chi connectivity index (χ2v) is 6.36. The summed E-state index contributed by atoms with van der Waals surface area (Å²) in [5.74, 6) is 0.747. The molecular weight excluding hydrogens is 302 g/mol. The Morgan fingerprint density at radius 2 is 2.12 bits per heavy atom. The molecule has 24 heavy (non-hydrogen) atoms. The molecule has 0 saturated carbocycles. The number of hydrogen-bond donors (Lipinski definition) is 2. The number of amides is 1. The Labute approximate surface area is 142 Å². The Morgan fingerprint density at radius 1 is 1.33 bits per heavy atom. The number of hydrogen-bond acceptors (Lipinski definition) is 4. The van der Waals surface area contributed by atoms with Crippen molar-refractivity contribution in [3.05, 3.63) is 47.7 Å². The monoisotopic (exact) mass is 327 g/mol. The molecule has 3 rings (SSSR count). The van der Waals surface area contributed by atoms with Crippen molar-refractivity contribution in [3.63, 3.8) is 0 Å². The molecule has 1 atom stereocenters. The average Bonchev–Trinajstić information content (AvgIpc) is 3.15. The summed E-state index contributed by atoms with van der Waals surface area (Å²) in [5, 5.41) is 10.4. The van der Waals surface area contributed by atoms with Crippen LogP contribution >= 0.6 is 0 Å². The zero-order valence-electron chi connectivity index (χ0n) is 14.3. The number of likely N-dealkylation sites (N-methyl/N-ethyl adjacent to an activating group) is 1. The van der Waals surface area contributed by atoms with Gasteiger partial charge in [0.25, 0.3) is 0 Å². The van der Waals surface area contributed by atoms with E-state index in [4.69, 9.17) is 0 Å². The normalized spacial score (nSPS) is 18.0. The number of rotatable bonds is 6. The zero-order valence-corrected chi connectivity index (χ0v) is 14.3. The fourth-order valence-electron chi connectivity index (χ4n) is 3.23. The number of anilines is 1. The number of likely N-dealkylation sites (tertiary alicyclic amines) is 1. The Morgan fingerprint density at radius 3 is 2.88 bits per heavy atom. The van der Waals surface area contributed by atoms with Crippen LogP contribution in [0, 0.1) is 6.92 Å². The van der Waals surface area contributed by atoms with Crippen molar-refractivity contribution >= 4 is 11.7 Å². The fourth-order valence-corrected chi connectivity index (χ4v) is 3.23. The minimum Gasteiger partial charge on any atom is -0.311 e. The van der Waals surface area contributed by atoms with E-state index in [1.165, 1.54) is 5.56 Å². The number of nitrogens with one attached hydrogen (secondary N) is 2. The molecule has 1 fully saturated rings. The molecule has 1 aromatic carbocycles. The van der Waals surface area contributed by atoms with Crippen LogP contribution < -0.4 is 10.6 Å². The zero-order chi connectivity index (χ0) is 16.9. The Bertz CT molecular complexity index is 682. The molecule has 128 valence electrons. The van der Waals surface area contributed by atoms with Gasteiger partial charge >= 0.3 is 0 Å². The summed E-state index contributed by atoms with van der Waals surface area (Å²) in [5.41, 5.74) is 2.26. The molecule has 1 saturated heterocycles. The second-order valence-electron chi connectivity index (χ2n) is 6.36. The summed E-state index contributed by atoms with van der Waals surface area (Å²) >= 11 is 0. The second kappa shape index (κ2) is 7.59. The molecule has 2 N–H and O–H groups in total. The third kappa shape index (κ3) is 4.01. The van der Waals surface area contributed by atoms with E-state index in [1.807, 2.05) is 23.7 Å². The maximum Gasteiger partial charge on any atom is 0.239 e. The summed E-state index contributed by atoms with van der Waals surface area (Å²) < 4.78 is 1.98. The van der Waals surface area contributed by atoms with Gasteiger partial charge in [-0.15, -0.1) is 0 Å². The Balaban J connectivity index is 1.66. The van der Waals surface area contributed by atoms with Gasteiger partial charge in [-0.05, 0) is 26.0 Å². The summed E-state index contributed by atoms with van der Waals surface area (Å²) in [6.07, 6.45) is 1.04. The van der Waals surface area contributed by atoms with E-state index in [0.29, 0.717) is 12.6 Å². The van der Waals surface area contributed by atoms with Gasteiger partial charge in [0.15, 0.2) is 0 Å². The van der Waals surface area contributed by atoms with Gasteiger partial charge in [0.05, 0.1) is 18.3 Å². The van der Waals surface area contributed by atoms with Crippen LogP contribution in [0.1, 0.15) is 23.7 Å². The molecular formula is C18H25N5O. The molecule has 2 heterocycles. The first-order valence-corrected chi connectivity index (χ1v) is 8.42. The topological polar surface area (TPSA) is 62.2 Å². The van der Waals surface area contributed by atoms with Crippen LogP contribution in [0.4, 0.5) is 5.82 Å². The number of aromatic nitrogens is 2. The largest absolute Gasteiger partial charge is 0.311 e. The molecule has 2 aromatic rings. The molecule has 1 amide bonds. The van der Waals surface area contributed by atoms with Crippen molar-refractivity contribution in [2.24, 2.45) is 0 Å². The third-order valence-electron chi connectivity index (χ3n) is 4.31. The van der Waals surface area contributed by atoms with Crippen LogP contribution in [-0.4, -0.2) is 47.3 Å². The smallest absolute Gasteiger partial charge is 0.239 e. The summed E-state index contributed by atoms with van der Waals surface area (Å²) in [7, 11) is 1.76. The van der Waals surface area contributed by atoms with E-state index >= 15 is 0 Å². The maximum absolute atomic E-state index is 11.9. The van der Waals surface area contributed by atoms with E-state index in [0.717, 1.165) is 37.6 Å². The van der Waals surface area contributed by atoms with Crippen molar-refractivity contribution in [2.45, 2.75) is 25.9 Å². The van der Waals surface area contributed by atoms with Crippen molar-refractivity contribution in [1.82, 2.24) is 20.0 Å². The van der Waals surface area contributed by atoms with Crippen molar-refractivity contribution in [2.75, 3.05) is 32.0 Å². The van der Waals surface area contributed by atoms with Crippen molar-refractivity contribution in [3.8, 4) is 0 Å². The first kappa shape index (κ1) is 16.7. The average molecular weight is 327 g/mol. The highest BCUT2D eigenvalue weighted by Gasteiger charge is 2.26. The van der Waals surface area contributed by atoms with Gasteiger partial charge in [-0.3, -0.25) is 9.69 Å². The van der Waals surface area contributed by atoms with E-state index in [1.54, 1.807) is 7.05 Å². The third-order valence-corrected chi connectivity index (χ3v) is 4.31. The lowest BCUT2D eigenvalue weighted by atomic mass is 10.2. The van der Waals surface area contributed by atoms with Crippen LogP contribution in [0.15, 0.2) is 36.4 Å². The predicted molar refractivity (Wildman–Crippen MR) is 94.9 cm³/mol. The SMILES string of the molecule is CNCC(=O)Nc1cc(C)nn1C1CCN(Cc2ccccc2)C1. The predicted octanol–water partition coefficient (Wildman–Crippen LogP) is 1.80. The van der Waals surface area contributed by atoms with Crippen molar-refractivity contribution < 1.29 is 4.79 Å². The van der Waals surface area contributed by atoms with Gasteiger partial charge in [0.1, 0.15) is 5.82 Å². The molecule has 0 bridgehead atoms. The van der Waals surface area contributed by atoms with E-state index < -0.39 is 0 Å². The minimum absolute atomic E-state index is 0.0437. The molecule has 1 aromatic heterocycles. The van der Waals surface area contributed by atoms with E-state index in [9.17, 15) is 4.79 Å². The molecule has 6 heteroatoms. The number of aryl methyl sites for hydroxylation is 1. The first-order valence-electron chi connectivity index (χ1n) is 8.42. The van der Waals surface area contributed by atoms with Crippen LogP contribution in [0.5, 0.6) is 0 Å². The molecule has 6 nitrogen and oxygen atoms in total. The maximum atomic E-state index is 11.9. The van der Waals surface area contributed by atoms with Gasteiger partial charge < -0.3 is 10.6 Å². The molecule has 0 aliphatic carbocycles. The van der Waals surface area contributed by atoms with Gasteiger partial charge in [-0.2, -0.15) is 5.10 Å². The number of carbonyl (C=O) groups excluding carboxylic acids is 1. The van der Waals surface area contributed by atoms with Crippen LogP contribution in [0.2, 0.25) is 0 Å². The quantitative estimate of drug-likeness (QED) is 0.849.